The minimum atomic E-state index is 0.833. The van der Waals surface area contributed by atoms with E-state index in [1.807, 2.05) is 24.3 Å². The lowest BCUT2D eigenvalue weighted by molar-refractivity contribution is 0.478. The van der Waals surface area contributed by atoms with Gasteiger partial charge in [0.05, 0.1) is 28.5 Å². The lowest BCUT2D eigenvalue weighted by Gasteiger charge is -2.33. The van der Waals surface area contributed by atoms with Crippen LogP contribution in [-0.4, -0.2) is 4.98 Å². The average molecular weight is 463 g/mol. The van der Waals surface area contributed by atoms with Crippen molar-refractivity contribution in [1.82, 2.24) is 4.98 Å². The molecule has 0 aliphatic carbocycles. The predicted octanol–water partition coefficient (Wildman–Crippen LogP) is 9.14. The Morgan fingerprint density at radius 1 is 0.472 bits per heavy atom. The zero-order chi connectivity index (χ0) is 23.9. The molecule has 0 amide bonds. The second-order valence-corrected chi connectivity index (χ2v) is 8.90. The van der Waals surface area contributed by atoms with Crippen molar-refractivity contribution in [3.63, 3.8) is 0 Å². The molecule has 3 nitrogen and oxygen atoms in total. The Morgan fingerprint density at radius 3 is 1.69 bits per heavy atom. The van der Waals surface area contributed by atoms with E-state index in [4.69, 9.17) is 9.72 Å². The zero-order valence-corrected chi connectivity index (χ0v) is 19.5. The van der Waals surface area contributed by atoms with Crippen molar-refractivity contribution in [3.8, 4) is 34.0 Å². The minimum absolute atomic E-state index is 0.833. The summed E-state index contributed by atoms with van der Waals surface area (Å²) in [7, 11) is 0. The summed E-state index contributed by atoms with van der Waals surface area (Å²) in [6.45, 7) is 0. The summed E-state index contributed by atoms with van der Waals surface area (Å²) in [5.41, 5.74) is 7.07. The van der Waals surface area contributed by atoms with Gasteiger partial charge < -0.3 is 9.64 Å². The molecule has 0 bridgehead atoms. The summed E-state index contributed by atoms with van der Waals surface area (Å²) in [6, 6.07) is 46.0. The Hall–Kier alpha value is -4.89. The average Bonchev–Trinajstić information content (AvgIpc) is 2.95. The number of hydrogen-bond acceptors (Lipinski definition) is 3. The number of pyridine rings is 1. The van der Waals surface area contributed by atoms with Gasteiger partial charge in [0.2, 0.25) is 0 Å². The van der Waals surface area contributed by atoms with E-state index in [1.54, 1.807) is 0 Å². The molecule has 7 rings (SSSR count). The first kappa shape index (κ1) is 20.5. The van der Waals surface area contributed by atoms with Crippen LogP contribution in [0, 0.1) is 0 Å². The van der Waals surface area contributed by atoms with E-state index in [2.05, 4.69) is 114 Å². The molecule has 1 aliphatic heterocycles. The maximum atomic E-state index is 6.41. The van der Waals surface area contributed by atoms with Crippen molar-refractivity contribution in [3.05, 3.63) is 133 Å². The van der Waals surface area contributed by atoms with Gasteiger partial charge in [-0.25, -0.2) is 4.98 Å². The largest absolute Gasteiger partial charge is 0.453 e. The van der Waals surface area contributed by atoms with Gasteiger partial charge in [-0.05, 0) is 47.2 Å². The molecule has 0 atom stereocenters. The van der Waals surface area contributed by atoms with Crippen LogP contribution in [0.1, 0.15) is 0 Å². The van der Waals surface area contributed by atoms with E-state index >= 15 is 0 Å². The summed E-state index contributed by atoms with van der Waals surface area (Å²) in [4.78, 5) is 7.37. The highest BCUT2D eigenvalue weighted by Gasteiger charge is 2.27. The Kier molecular flexibility index (Phi) is 4.78. The molecule has 0 fully saturated rings. The molecule has 0 saturated carbocycles. The van der Waals surface area contributed by atoms with Crippen LogP contribution in [0.4, 0.5) is 17.1 Å². The van der Waals surface area contributed by atoms with Gasteiger partial charge in [0.25, 0.3) is 0 Å². The Morgan fingerprint density at radius 2 is 1.03 bits per heavy atom. The molecule has 0 saturated heterocycles. The van der Waals surface area contributed by atoms with E-state index in [9.17, 15) is 0 Å². The number of nitrogens with zero attached hydrogens (tertiary/aromatic N) is 2. The van der Waals surface area contributed by atoms with Gasteiger partial charge in [0.1, 0.15) is 0 Å². The first-order valence-electron chi connectivity index (χ1n) is 12.1. The number of para-hydroxylation sites is 2. The van der Waals surface area contributed by atoms with Crippen LogP contribution in [0.15, 0.2) is 133 Å². The summed E-state index contributed by atoms with van der Waals surface area (Å²) in [6.07, 6.45) is 0. The first-order chi connectivity index (χ1) is 17.8. The maximum absolute atomic E-state index is 6.41. The fourth-order valence-corrected chi connectivity index (χ4v) is 4.88. The van der Waals surface area contributed by atoms with Gasteiger partial charge in [-0.3, -0.25) is 0 Å². The number of hydrogen-bond donors (Lipinski definition) is 0. The van der Waals surface area contributed by atoms with E-state index < -0.39 is 0 Å². The molecule has 1 aliphatic rings. The molecule has 3 heteroatoms. The minimum Gasteiger partial charge on any atom is -0.453 e. The van der Waals surface area contributed by atoms with Crippen molar-refractivity contribution in [2.24, 2.45) is 0 Å². The van der Waals surface area contributed by atoms with Crippen LogP contribution in [0.3, 0.4) is 0 Å². The lowest BCUT2D eigenvalue weighted by Crippen LogP contribution is -2.16. The molecule has 36 heavy (non-hydrogen) atoms. The Bertz CT molecular complexity index is 1650. The number of rotatable bonds is 3. The van der Waals surface area contributed by atoms with Gasteiger partial charge in [-0.1, -0.05) is 97.1 Å². The third-order valence-electron chi connectivity index (χ3n) is 6.60. The normalized spacial score (nSPS) is 12.1. The molecule has 0 spiro atoms. The van der Waals surface area contributed by atoms with Gasteiger partial charge in [0, 0.05) is 11.1 Å². The van der Waals surface area contributed by atoms with E-state index in [-0.39, 0.29) is 0 Å². The molecule has 5 aromatic carbocycles. The second kappa shape index (κ2) is 8.40. The third-order valence-corrected chi connectivity index (χ3v) is 6.60. The van der Waals surface area contributed by atoms with Crippen LogP contribution in [0.25, 0.3) is 33.3 Å². The monoisotopic (exact) mass is 462 g/mol. The number of aromatic nitrogens is 1. The van der Waals surface area contributed by atoms with Crippen LogP contribution < -0.4 is 9.64 Å². The number of anilines is 3. The summed E-state index contributed by atoms with van der Waals surface area (Å²) in [5, 5.41) is 2.32. The van der Waals surface area contributed by atoms with Crippen molar-refractivity contribution >= 4 is 27.8 Å². The Labute approximate surface area is 209 Å². The zero-order valence-electron chi connectivity index (χ0n) is 19.5. The van der Waals surface area contributed by atoms with E-state index in [0.717, 1.165) is 56.5 Å². The molecular formula is C33H22N2O. The summed E-state index contributed by atoms with van der Waals surface area (Å²) < 4.78 is 6.41. The quantitative estimate of drug-likeness (QED) is 0.262. The predicted molar refractivity (Wildman–Crippen MR) is 147 cm³/mol. The molecule has 1 aromatic heterocycles. The molecule has 170 valence electrons. The fraction of sp³-hybridized carbons (Fsp3) is 0. The van der Waals surface area contributed by atoms with Crippen LogP contribution in [-0.2, 0) is 0 Å². The highest BCUT2D eigenvalue weighted by molar-refractivity contribution is 5.96. The van der Waals surface area contributed by atoms with Crippen molar-refractivity contribution in [2.75, 3.05) is 4.90 Å². The van der Waals surface area contributed by atoms with Crippen LogP contribution in [0.5, 0.6) is 11.5 Å². The van der Waals surface area contributed by atoms with Crippen molar-refractivity contribution < 1.29 is 4.74 Å². The highest BCUT2D eigenvalue weighted by atomic mass is 16.5. The van der Waals surface area contributed by atoms with Crippen LogP contribution in [0.2, 0.25) is 0 Å². The highest BCUT2D eigenvalue weighted by Crippen LogP contribution is 2.52. The van der Waals surface area contributed by atoms with Gasteiger partial charge in [-0.15, -0.1) is 0 Å². The Balaban J connectivity index is 1.50. The molecular weight excluding hydrogens is 440 g/mol. The van der Waals surface area contributed by atoms with Gasteiger partial charge >= 0.3 is 0 Å². The van der Waals surface area contributed by atoms with Crippen LogP contribution >= 0.6 is 0 Å². The van der Waals surface area contributed by atoms with Crippen molar-refractivity contribution in [2.45, 2.75) is 0 Å². The standard InChI is InChI=1S/C33H22N2O/c1-3-11-23(12-4-1)28-21-27(22-29(34-28)24-13-5-2-6-14-24)35-30-17-9-10-18-32(30)36-33-20-26-16-8-7-15-25(26)19-31(33)35/h1-22H. The summed E-state index contributed by atoms with van der Waals surface area (Å²) >= 11 is 0. The first-order valence-corrected chi connectivity index (χ1v) is 12.1. The smallest absolute Gasteiger partial charge is 0.152 e. The topological polar surface area (TPSA) is 25.4 Å². The summed E-state index contributed by atoms with van der Waals surface area (Å²) in [5.74, 6) is 1.67. The number of fused-ring (bicyclic) bond motifs is 3. The van der Waals surface area contributed by atoms with E-state index in [0.29, 0.717) is 0 Å². The molecule has 0 radical (unpaired) electrons. The lowest BCUT2D eigenvalue weighted by atomic mass is 10.0. The second-order valence-electron chi connectivity index (χ2n) is 8.90. The molecule has 2 heterocycles. The maximum Gasteiger partial charge on any atom is 0.152 e. The number of ether oxygens (including phenoxy) is 1. The molecule has 0 N–H and O–H groups in total. The SMILES string of the molecule is c1ccc(-c2cc(N3c4ccccc4Oc4cc5ccccc5cc43)cc(-c3ccccc3)n2)cc1. The van der Waals surface area contributed by atoms with Gasteiger partial charge in [0.15, 0.2) is 11.5 Å². The molecule has 6 aromatic rings. The third kappa shape index (κ3) is 3.50. The van der Waals surface area contributed by atoms with Crippen molar-refractivity contribution in [1.29, 1.82) is 0 Å². The number of benzene rings is 5. The molecule has 0 unspecified atom stereocenters. The fourth-order valence-electron chi connectivity index (χ4n) is 4.88. The van der Waals surface area contributed by atoms with Gasteiger partial charge in [-0.2, -0.15) is 0 Å². The van der Waals surface area contributed by atoms with E-state index in [1.165, 1.54) is 5.39 Å².